The van der Waals surface area contributed by atoms with Gasteiger partial charge in [-0.15, -0.1) is 0 Å². The molecule has 4 unspecified atom stereocenters. The molecule has 4 N–H and O–H groups in total. The van der Waals surface area contributed by atoms with Crippen LogP contribution in [0.3, 0.4) is 0 Å². The Balaban J connectivity index is 0.00000109. The highest BCUT2D eigenvalue weighted by atomic mass is 16.7. The molecule has 0 aromatic heterocycles. The van der Waals surface area contributed by atoms with E-state index in [-0.39, 0.29) is 24.2 Å². The average Bonchev–Trinajstić information content (AvgIpc) is 3.15. The number of nitrogens with two attached hydrogens (primary N) is 1. The zero-order valence-electron chi connectivity index (χ0n) is 16.4. The SMILES string of the molecule is CC1(C)OB(CCCC2C(C(=O)O)CC3CNCC32)OC1(C)C.CN. The molecule has 3 fully saturated rings. The Kier molecular flexibility index (Phi) is 6.57. The molecule has 1 saturated carbocycles. The van der Waals surface area contributed by atoms with Crippen LogP contribution in [0.2, 0.25) is 6.32 Å². The van der Waals surface area contributed by atoms with Gasteiger partial charge in [-0.1, -0.05) is 6.42 Å². The molecule has 144 valence electrons. The maximum absolute atomic E-state index is 11.6. The molecule has 2 saturated heterocycles. The first-order chi connectivity index (χ1) is 11.7. The third-order valence-electron chi connectivity index (χ3n) is 6.61. The van der Waals surface area contributed by atoms with Gasteiger partial charge in [0.15, 0.2) is 0 Å². The van der Waals surface area contributed by atoms with Crippen LogP contribution in [0.15, 0.2) is 0 Å². The van der Waals surface area contributed by atoms with Crippen LogP contribution < -0.4 is 11.1 Å². The van der Waals surface area contributed by atoms with Crippen molar-refractivity contribution in [2.24, 2.45) is 29.4 Å². The van der Waals surface area contributed by atoms with E-state index in [1.54, 1.807) is 0 Å². The summed E-state index contributed by atoms with van der Waals surface area (Å²) in [5.74, 6) is 0.618. The van der Waals surface area contributed by atoms with Gasteiger partial charge in [0, 0.05) is 0 Å². The summed E-state index contributed by atoms with van der Waals surface area (Å²) in [7, 11) is 1.34. The second kappa shape index (κ2) is 7.95. The fourth-order valence-electron chi connectivity index (χ4n) is 4.61. The highest BCUT2D eigenvalue weighted by Crippen LogP contribution is 2.46. The van der Waals surface area contributed by atoms with Crippen LogP contribution in [0, 0.1) is 23.7 Å². The summed E-state index contributed by atoms with van der Waals surface area (Å²) in [5, 5.41) is 12.9. The van der Waals surface area contributed by atoms with Gasteiger partial charge in [0.25, 0.3) is 0 Å². The van der Waals surface area contributed by atoms with Crippen molar-refractivity contribution in [1.29, 1.82) is 0 Å². The van der Waals surface area contributed by atoms with E-state index in [4.69, 9.17) is 9.31 Å². The third kappa shape index (κ3) is 4.21. The number of carbonyl (C=O) groups is 1. The number of hydrogen-bond acceptors (Lipinski definition) is 5. The quantitative estimate of drug-likeness (QED) is 0.654. The molecule has 0 aromatic rings. The van der Waals surface area contributed by atoms with Crippen molar-refractivity contribution in [3.8, 4) is 0 Å². The summed E-state index contributed by atoms with van der Waals surface area (Å²) in [6.07, 6.45) is 3.62. The van der Waals surface area contributed by atoms with Crippen LogP contribution >= 0.6 is 0 Å². The highest BCUT2D eigenvalue weighted by molar-refractivity contribution is 6.45. The molecule has 0 aromatic carbocycles. The van der Waals surface area contributed by atoms with Gasteiger partial charge in [0.05, 0.1) is 17.1 Å². The van der Waals surface area contributed by atoms with Crippen LogP contribution in [0.1, 0.15) is 47.0 Å². The summed E-state index contributed by atoms with van der Waals surface area (Å²) in [6.45, 7) is 10.2. The van der Waals surface area contributed by atoms with Crippen molar-refractivity contribution in [3.05, 3.63) is 0 Å². The van der Waals surface area contributed by atoms with Gasteiger partial charge < -0.3 is 25.5 Å². The first kappa shape index (κ1) is 20.7. The number of hydrogen-bond donors (Lipinski definition) is 3. The molecular weight excluding hydrogens is 319 g/mol. The van der Waals surface area contributed by atoms with E-state index in [0.717, 1.165) is 38.7 Å². The van der Waals surface area contributed by atoms with E-state index < -0.39 is 5.97 Å². The topological polar surface area (TPSA) is 93.8 Å². The standard InChI is InChI=1S/C17H30BNO4.CH5N/c1-16(2)17(3,4)23-18(22-16)7-5-6-12-13(15(20)21)8-11-9-19-10-14(11)12;1-2/h11-14,19H,5-10H2,1-4H3,(H,20,21);2H2,1H3. The predicted octanol–water partition coefficient (Wildman–Crippen LogP) is 1.99. The minimum Gasteiger partial charge on any atom is -0.481 e. The minimum absolute atomic E-state index is 0.162. The van der Waals surface area contributed by atoms with Gasteiger partial charge in [-0.3, -0.25) is 4.79 Å². The Morgan fingerprint density at radius 3 is 2.36 bits per heavy atom. The first-order valence-electron chi connectivity index (χ1n) is 9.58. The van der Waals surface area contributed by atoms with Gasteiger partial charge in [-0.2, -0.15) is 0 Å². The van der Waals surface area contributed by atoms with Crippen LogP contribution in [-0.4, -0.2) is 49.5 Å². The number of rotatable bonds is 5. The number of fused-ring (bicyclic) bond motifs is 1. The maximum atomic E-state index is 11.6. The number of carboxylic acid groups (broad SMARTS) is 1. The Hall–Kier alpha value is -0.625. The molecule has 6 nitrogen and oxygen atoms in total. The molecule has 0 spiro atoms. The lowest BCUT2D eigenvalue weighted by atomic mass is 9.77. The van der Waals surface area contributed by atoms with Gasteiger partial charge >= 0.3 is 13.1 Å². The van der Waals surface area contributed by atoms with E-state index in [2.05, 4.69) is 38.7 Å². The monoisotopic (exact) mass is 354 g/mol. The van der Waals surface area contributed by atoms with Crippen LogP contribution in [0.25, 0.3) is 0 Å². The Morgan fingerprint density at radius 2 is 1.80 bits per heavy atom. The van der Waals surface area contributed by atoms with Crippen LogP contribution in [0.5, 0.6) is 0 Å². The molecule has 0 amide bonds. The van der Waals surface area contributed by atoms with Crippen molar-refractivity contribution < 1.29 is 19.2 Å². The van der Waals surface area contributed by atoms with Gasteiger partial charge in [-0.05, 0) is 84.7 Å². The zero-order valence-corrected chi connectivity index (χ0v) is 16.4. The molecule has 2 heterocycles. The fraction of sp³-hybridized carbons (Fsp3) is 0.944. The Morgan fingerprint density at radius 1 is 1.20 bits per heavy atom. The molecule has 1 aliphatic carbocycles. The second-order valence-electron chi connectivity index (χ2n) is 8.54. The average molecular weight is 354 g/mol. The summed E-state index contributed by atoms with van der Waals surface area (Å²) < 4.78 is 12.1. The number of aliphatic carboxylic acids is 1. The second-order valence-corrected chi connectivity index (χ2v) is 8.54. The minimum atomic E-state index is -0.611. The summed E-state index contributed by atoms with van der Waals surface area (Å²) >= 11 is 0. The van der Waals surface area contributed by atoms with E-state index in [1.165, 1.54) is 7.05 Å². The lowest BCUT2D eigenvalue weighted by Gasteiger charge is -2.32. The lowest BCUT2D eigenvalue weighted by Crippen LogP contribution is -2.41. The smallest absolute Gasteiger partial charge is 0.457 e. The molecule has 4 atom stereocenters. The molecule has 25 heavy (non-hydrogen) atoms. The fourth-order valence-corrected chi connectivity index (χ4v) is 4.61. The third-order valence-corrected chi connectivity index (χ3v) is 6.61. The van der Waals surface area contributed by atoms with Crippen molar-refractivity contribution >= 4 is 13.1 Å². The zero-order chi connectivity index (χ0) is 18.8. The van der Waals surface area contributed by atoms with Crippen molar-refractivity contribution in [2.45, 2.75) is 64.5 Å². The van der Waals surface area contributed by atoms with E-state index >= 15 is 0 Å². The number of carboxylic acids is 1. The predicted molar refractivity (Wildman–Crippen MR) is 99.3 cm³/mol. The molecular formula is C18H35BN2O4. The lowest BCUT2D eigenvalue weighted by molar-refractivity contribution is -0.143. The van der Waals surface area contributed by atoms with Crippen molar-refractivity contribution in [2.75, 3.05) is 20.1 Å². The largest absolute Gasteiger partial charge is 0.481 e. The highest BCUT2D eigenvalue weighted by Gasteiger charge is 2.51. The summed E-state index contributed by atoms with van der Waals surface area (Å²) in [6, 6.07) is 0. The molecule has 3 rings (SSSR count). The van der Waals surface area contributed by atoms with Crippen molar-refractivity contribution in [1.82, 2.24) is 5.32 Å². The molecule has 7 heteroatoms. The Bertz CT molecular complexity index is 456. The van der Waals surface area contributed by atoms with Gasteiger partial charge in [0.1, 0.15) is 0 Å². The first-order valence-corrected chi connectivity index (χ1v) is 9.58. The Labute approximate surface area is 152 Å². The van der Waals surface area contributed by atoms with E-state index in [1.807, 2.05) is 0 Å². The van der Waals surface area contributed by atoms with Gasteiger partial charge in [-0.25, -0.2) is 0 Å². The summed E-state index contributed by atoms with van der Waals surface area (Å²) in [5.41, 5.74) is 3.93. The van der Waals surface area contributed by atoms with E-state index in [9.17, 15) is 9.90 Å². The van der Waals surface area contributed by atoms with Crippen molar-refractivity contribution in [3.63, 3.8) is 0 Å². The van der Waals surface area contributed by atoms with Crippen LogP contribution in [-0.2, 0) is 14.1 Å². The molecule has 2 aliphatic heterocycles. The normalized spacial score (nSPS) is 35.2. The molecule has 0 radical (unpaired) electrons. The number of nitrogens with one attached hydrogen (secondary N) is 1. The van der Waals surface area contributed by atoms with Crippen LogP contribution in [0.4, 0.5) is 0 Å². The van der Waals surface area contributed by atoms with E-state index in [0.29, 0.717) is 17.8 Å². The summed E-state index contributed by atoms with van der Waals surface area (Å²) in [4.78, 5) is 11.6. The molecule has 3 aliphatic rings. The molecule has 0 bridgehead atoms. The van der Waals surface area contributed by atoms with Gasteiger partial charge in [0.2, 0.25) is 0 Å². The maximum Gasteiger partial charge on any atom is 0.457 e.